The minimum Gasteiger partial charge on any atom is -0.364 e. The summed E-state index contributed by atoms with van der Waals surface area (Å²) in [6, 6.07) is 1.59. The molecular weight excluding hydrogens is 531 g/mol. The van der Waals surface area contributed by atoms with Gasteiger partial charge in [0.1, 0.15) is 12.0 Å². The number of piperidine rings is 1. The molecule has 2 atom stereocenters. The highest BCUT2D eigenvalue weighted by Crippen LogP contribution is 2.20. The molecule has 2 aliphatic heterocycles. The molecule has 2 aliphatic rings. The van der Waals surface area contributed by atoms with Crippen molar-refractivity contribution >= 4 is 40.0 Å². The van der Waals surface area contributed by atoms with Crippen molar-refractivity contribution in [2.45, 2.75) is 32.4 Å². The number of nitrogens with one attached hydrogen (secondary N) is 1. The molecule has 2 fully saturated rings. The minimum absolute atomic E-state index is 0. The quantitative estimate of drug-likeness (QED) is 0.232. The highest BCUT2D eigenvalue weighted by Gasteiger charge is 2.29. The molecule has 0 bridgehead atoms. The Balaban J connectivity index is 0.00000341. The lowest BCUT2D eigenvalue weighted by Crippen LogP contribution is -2.54. The molecule has 3 heterocycles. The van der Waals surface area contributed by atoms with Crippen LogP contribution in [0.1, 0.15) is 32.4 Å². The highest BCUT2D eigenvalue weighted by molar-refractivity contribution is 14.0. The van der Waals surface area contributed by atoms with E-state index < -0.39 is 10.0 Å². The minimum atomic E-state index is -3.39. The van der Waals surface area contributed by atoms with E-state index in [0.29, 0.717) is 31.9 Å². The maximum Gasteiger partial charge on any atom is 0.220 e. The molecule has 0 spiro atoms. The lowest BCUT2D eigenvalue weighted by molar-refractivity contribution is 0.140. The average molecular weight is 569 g/mol. The Kier molecular flexibility index (Phi) is 10.5. The van der Waals surface area contributed by atoms with Gasteiger partial charge in [0.2, 0.25) is 10.0 Å². The number of aromatic nitrogens is 1. The van der Waals surface area contributed by atoms with E-state index in [0.717, 1.165) is 37.3 Å². The van der Waals surface area contributed by atoms with Crippen LogP contribution in [0.15, 0.2) is 21.8 Å². The Bertz CT molecular complexity index is 771. The van der Waals surface area contributed by atoms with Gasteiger partial charge in [-0.3, -0.25) is 4.99 Å². The zero-order valence-electron chi connectivity index (χ0n) is 18.9. The van der Waals surface area contributed by atoms with Crippen LogP contribution in [0, 0.1) is 11.8 Å². The van der Waals surface area contributed by atoms with Crippen LogP contribution in [0.3, 0.4) is 0 Å². The van der Waals surface area contributed by atoms with Crippen molar-refractivity contribution in [3.63, 3.8) is 0 Å². The third-order valence-corrected chi connectivity index (χ3v) is 7.66. The highest BCUT2D eigenvalue weighted by atomic mass is 127. The van der Waals surface area contributed by atoms with Gasteiger partial charge in [0, 0.05) is 58.9 Å². The van der Waals surface area contributed by atoms with E-state index >= 15 is 0 Å². The number of rotatable bonds is 7. The average Bonchev–Trinajstić information content (AvgIpc) is 3.20. The summed E-state index contributed by atoms with van der Waals surface area (Å²) in [7, 11) is -1.60. The van der Waals surface area contributed by atoms with Gasteiger partial charge in [0.05, 0.1) is 5.69 Å². The Morgan fingerprint density at radius 1 is 1.23 bits per heavy atom. The van der Waals surface area contributed by atoms with E-state index in [1.807, 2.05) is 0 Å². The molecule has 0 amide bonds. The second-order valence-corrected chi connectivity index (χ2v) is 10.6. The number of aliphatic imine (C=N–C) groups is 1. The van der Waals surface area contributed by atoms with Crippen molar-refractivity contribution in [1.82, 2.24) is 24.6 Å². The molecule has 11 heteroatoms. The van der Waals surface area contributed by atoms with Crippen LogP contribution < -0.4 is 5.32 Å². The first-order valence-corrected chi connectivity index (χ1v) is 12.5. The van der Waals surface area contributed by atoms with Crippen LogP contribution in [-0.4, -0.2) is 93.0 Å². The molecule has 1 aromatic heterocycles. The summed E-state index contributed by atoms with van der Waals surface area (Å²) in [5.74, 6) is 2.30. The lowest BCUT2D eigenvalue weighted by atomic mass is 9.92. The van der Waals surface area contributed by atoms with Gasteiger partial charge in [-0.1, -0.05) is 19.0 Å². The SMILES string of the molecule is CN=C(NCCCN1CC(C)CC(C)C1)N1CCN(S(=O)(=O)Cc2ccon2)CC1.I. The predicted octanol–water partition coefficient (Wildman–Crippen LogP) is 1.68. The number of likely N-dealkylation sites (tertiary alicyclic amines) is 1. The van der Waals surface area contributed by atoms with Gasteiger partial charge in [0.25, 0.3) is 0 Å². The van der Waals surface area contributed by atoms with Crippen LogP contribution in [0.25, 0.3) is 0 Å². The fourth-order valence-corrected chi connectivity index (χ4v) is 6.00. The van der Waals surface area contributed by atoms with Crippen molar-refractivity contribution in [3.05, 3.63) is 18.0 Å². The Morgan fingerprint density at radius 2 is 1.90 bits per heavy atom. The molecule has 9 nitrogen and oxygen atoms in total. The first-order chi connectivity index (χ1) is 14.4. The summed E-state index contributed by atoms with van der Waals surface area (Å²) in [6.07, 6.45) is 3.80. The topological polar surface area (TPSA) is 94.3 Å². The Morgan fingerprint density at radius 3 is 2.48 bits per heavy atom. The Hall–Kier alpha value is -0.920. The van der Waals surface area contributed by atoms with Gasteiger partial charge in [-0.05, 0) is 31.2 Å². The zero-order valence-corrected chi connectivity index (χ0v) is 22.0. The molecule has 31 heavy (non-hydrogen) atoms. The number of hydrogen-bond donors (Lipinski definition) is 1. The first kappa shape index (κ1) is 26.3. The fourth-order valence-electron chi connectivity index (χ4n) is 4.58. The molecule has 0 saturated carbocycles. The number of sulfonamides is 1. The molecule has 2 unspecified atom stereocenters. The molecule has 1 N–H and O–H groups in total. The Labute approximate surface area is 203 Å². The summed E-state index contributed by atoms with van der Waals surface area (Å²) in [5.41, 5.74) is 0.437. The standard InChI is InChI=1S/C20H36N6O3S.HI/c1-17-13-18(2)15-24(14-17)7-4-6-22-20(21-3)25-8-10-26(11-9-25)30(27,28)16-19-5-12-29-23-19;/h5,12,17-18H,4,6-11,13-16H2,1-3H3,(H,21,22);1H. The number of nitrogens with zero attached hydrogens (tertiary/aromatic N) is 5. The van der Waals surface area contributed by atoms with Gasteiger partial charge in [-0.25, -0.2) is 8.42 Å². The van der Waals surface area contributed by atoms with E-state index in [1.54, 1.807) is 13.1 Å². The second kappa shape index (κ2) is 12.4. The predicted molar refractivity (Wildman–Crippen MR) is 133 cm³/mol. The summed E-state index contributed by atoms with van der Waals surface area (Å²) in [4.78, 5) is 9.10. The third kappa shape index (κ3) is 7.86. The third-order valence-electron chi connectivity index (χ3n) is 5.84. The van der Waals surface area contributed by atoms with Crippen molar-refractivity contribution in [3.8, 4) is 0 Å². The molecule has 2 saturated heterocycles. The van der Waals surface area contributed by atoms with Crippen LogP contribution in [0.5, 0.6) is 0 Å². The van der Waals surface area contributed by atoms with Crippen molar-refractivity contribution < 1.29 is 12.9 Å². The summed E-state index contributed by atoms with van der Waals surface area (Å²) < 4.78 is 31.4. The van der Waals surface area contributed by atoms with E-state index in [4.69, 9.17) is 4.52 Å². The number of hydrogen-bond acceptors (Lipinski definition) is 6. The lowest BCUT2D eigenvalue weighted by Gasteiger charge is -2.36. The van der Waals surface area contributed by atoms with Crippen LogP contribution in [0.2, 0.25) is 0 Å². The zero-order chi connectivity index (χ0) is 21.6. The number of piperazine rings is 1. The molecule has 3 rings (SSSR count). The van der Waals surface area contributed by atoms with Gasteiger partial charge in [-0.15, -0.1) is 24.0 Å². The molecule has 178 valence electrons. The summed E-state index contributed by atoms with van der Waals surface area (Å²) in [6.45, 7) is 11.2. The van der Waals surface area contributed by atoms with Gasteiger partial charge < -0.3 is 19.6 Å². The molecule has 1 aromatic rings. The van der Waals surface area contributed by atoms with E-state index in [9.17, 15) is 8.42 Å². The smallest absolute Gasteiger partial charge is 0.220 e. The maximum absolute atomic E-state index is 12.6. The summed E-state index contributed by atoms with van der Waals surface area (Å²) in [5, 5.41) is 7.16. The monoisotopic (exact) mass is 568 g/mol. The van der Waals surface area contributed by atoms with E-state index in [1.165, 1.54) is 30.1 Å². The van der Waals surface area contributed by atoms with Gasteiger partial charge in [0.15, 0.2) is 5.96 Å². The first-order valence-electron chi connectivity index (χ1n) is 10.9. The molecule has 0 aromatic carbocycles. The molecular formula is C20H37IN6O3S. The largest absolute Gasteiger partial charge is 0.364 e. The number of guanidine groups is 1. The van der Waals surface area contributed by atoms with Crippen LogP contribution in [-0.2, 0) is 15.8 Å². The van der Waals surface area contributed by atoms with Crippen LogP contribution in [0.4, 0.5) is 0 Å². The van der Waals surface area contributed by atoms with Crippen molar-refractivity contribution in [2.75, 3.05) is 59.4 Å². The van der Waals surface area contributed by atoms with Crippen molar-refractivity contribution in [2.24, 2.45) is 16.8 Å². The fraction of sp³-hybridized carbons (Fsp3) is 0.800. The van der Waals surface area contributed by atoms with E-state index in [2.05, 4.69) is 39.1 Å². The normalized spacial score (nSPS) is 24.1. The molecule has 0 aliphatic carbocycles. The van der Waals surface area contributed by atoms with Gasteiger partial charge in [-0.2, -0.15) is 4.31 Å². The van der Waals surface area contributed by atoms with Crippen LogP contribution >= 0.6 is 24.0 Å². The second-order valence-electron chi connectivity index (χ2n) is 8.67. The molecule has 0 radical (unpaired) electrons. The summed E-state index contributed by atoms with van der Waals surface area (Å²) >= 11 is 0. The van der Waals surface area contributed by atoms with E-state index in [-0.39, 0.29) is 29.7 Å². The maximum atomic E-state index is 12.6. The van der Waals surface area contributed by atoms with Crippen molar-refractivity contribution in [1.29, 1.82) is 0 Å². The van der Waals surface area contributed by atoms with Gasteiger partial charge >= 0.3 is 0 Å². The number of halogens is 1.